The Morgan fingerprint density at radius 3 is 2.50 bits per heavy atom. The number of imidazole rings is 1. The average molecular weight is 425 g/mol. The lowest BCUT2D eigenvalue weighted by atomic mass is 9.39. The van der Waals surface area contributed by atoms with Gasteiger partial charge >= 0.3 is 0 Å². The van der Waals surface area contributed by atoms with E-state index in [4.69, 9.17) is 0 Å². The molecular formula is C29H32N2O. The summed E-state index contributed by atoms with van der Waals surface area (Å²) in [7, 11) is 0. The lowest BCUT2D eigenvalue weighted by Crippen LogP contribution is -2.61. The molecule has 8 rings (SSSR count). The van der Waals surface area contributed by atoms with E-state index in [0.29, 0.717) is 11.8 Å². The molecule has 3 heteroatoms. The molecule has 4 aliphatic carbocycles. The Bertz CT molecular complexity index is 1150. The van der Waals surface area contributed by atoms with Crippen molar-refractivity contribution in [3.05, 3.63) is 78.2 Å². The zero-order valence-electron chi connectivity index (χ0n) is 18.8. The standard InChI is InChI=1S/C29H32N2O/c1-28(20-7-3-2-4-8-20)21-11-19-12-22(28)16-29(14-19,15-21)27(32)13-25-23-9-5-6-10-24(23)26-17-30-18-31(25)26/h2-10,17-19,21-22,25,27,32H,11-16H2,1H3. The fourth-order valence-electron chi connectivity index (χ4n) is 8.60. The van der Waals surface area contributed by atoms with Gasteiger partial charge in [-0.25, -0.2) is 4.98 Å². The van der Waals surface area contributed by atoms with Gasteiger partial charge in [0.1, 0.15) is 0 Å². The van der Waals surface area contributed by atoms with Crippen LogP contribution in [0.2, 0.25) is 0 Å². The van der Waals surface area contributed by atoms with Crippen LogP contribution in [-0.2, 0) is 5.41 Å². The van der Waals surface area contributed by atoms with Crippen LogP contribution in [0.1, 0.15) is 62.6 Å². The second-order valence-electron chi connectivity index (χ2n) is 11.4. The van der Waals surface area contributed by atoms with E-state index in [9.17, 15) is 5.11 Å². The molecule has 4 bridgehead atoms. The van der Waals surface area contributed by atoms with Gasteiger partial charge in [-0.1, -0.05) is 61.5 Å². The maximum Gasteiger partial charge on any atom is 0.0956 e. The second-order valence-corrected chi connectivity index (χ2v) is 11.4. The van der Waals surface area contributed by atoms with Gasteiger partial charge in [-0.2, -0.15) is 0 Å². The van der Waals surface area contributed by atoms with E-state index in [0.717, 1.165) is 12.3 Å². The number of benzene rings is 2. The molecule has 2 heterocycles. The van der Waals surface area contributed by atoms with Crippen molar-refractivity contribution >= 4 is 0 Å². The molecule has 4 saturated carbocycles. The van der Waals surface area contributed by atoms with Gasteiger partial charge in [0, 0.05) is 5.56 Å². The molecule has 164 valence electrons. The lowest BCUT2D eigenvalue weighted by Gasteiger charge is -2.66. The molecule has 1 aliphatic heterocycles. The minimum Gasteiger partial charge on any atom is -0.392 e. The number of hydrogen-bond donors (Lipinski definition) is 1. The van der Waals surface area contributed by atoms with Crippen molar-refractivity contribution in [1.82, 2.24) is 9.55 Å². The number of nitrogens with zero attached hydrogens (tertiary/aromatic N) is 2. The molecule has 3 aromatic rings. The molecule has 1 N–H and O–H groups in total. The zero-order chi connectivity index (χ0) is 21.5. The Morgan fingerprint density at radius 1 is 1.00 bits per heavy atom. The third kappa shape index (κ3) is 2.43. The maximum atomic E-state index is 11.9. The first-order valence-corrected chi connectivity index (χ1v) is 12.4. The summed E-state index contributed by atoms with van der Waals surface area (Å²) < 4.78 is 2.29. The second kappa shape index (κ2) is 6.57. The van der Waals surface area contributed by atoms with Gasteiger partial charge in [-0.3, -0.25) is 0 Å². The predicted octanol–water partition coefficient (Wildman–Crippen LogP) is 5.99. The van der Waals surface area contributed by atoms with Gasteiger partial charge in [0.25, 0.3) is 0 Å². The van der Waals surface area contributed by atoms with Gasteiger partial charge in [0.15, 0.2) is 0 Å². The fraction of sp³-hybridized carbons (Fsp3) is 0.483. The third-order valence-electron chi connectivity index (χ3n) is 10.1. The first-order chi connectivity index (χ1) is 15.6. The molecule has 4 unspecified atom stereocenters. The number of hydrogen-bond acceptors (Lipinski definition) is 2. The van der Waals surface area contributed by atoms with Gasteiger partial charge in [0.2, 0.25) is 0 Å². The van der Waals surface area contributed by atoms with Gasteiger partial charge in [0.05, 0.1) is 30.4 Å². The summed E-state index contributed by atoms with van der Waals surface area (Å²) in [5.74, 6) is 2.16. The number of aliphatic hydroxyl groups excluding tert-OH is 1. The van der Waals surface area contributed by atoms with Crippen LogP contribution in [0.25, 0.3) is 11.3 Å². The minimum absolute atomic E-state index is 0.0864. The van der Waals surface area contributed by atoms with Gasteiger partial charge in [-0.15, -0.1) is 0 Å². The molecule has 0 saturated heterocycles. The van der Waals surface area contributed by atoms with Crippen LogP contribution in [0.5, 0.6) is 0 Å². The van der Waals surface area contributed by atoms with Crippen LogP contribution in [-0.4, -0.2) is 20.8 Å². The molecular weight excluding hydrogens is 392 g/mol. The van der Waals surface area contributed by atoms with E-state index in [1.165, 1.54) is 54.5 Å². The third-order valence-corrected chi connectivity index (χ3v) is 10.1. The zero-order valence-corrected chi connectivity index (χ0v) is 18.8. The highest BCUT2D eigenvalue weighted by atomic mass is 16.3. The average Bonchev–Trinajstić information content (AvgIpc) is 3.40. The molecule has 1 aromatic heterocycles. The molecule has 0 amide bonds. The van der Waals surface area contributed by atoms with Crippen LogP contribution in [0.15, 0.2) is 67.1 Å². The molecule has 4 fully saturated rings. The Hall–Kier alpha value is -2.39. The molecule has 3 nitrogen and oxygen atoms in total. The van der Waals surface area contributed by atoms with E-state index in [1.54, 1.807) is 0 Å². The largest absolute Gasteiger partial charge is 0.392 e. The Labute approximate surface area is 190 Å². The van der Waals surface area contributed by atoms with E-state index in [2.05, 4.69) is 71.1 Å². The first-order valence-electron chi connectivity index (χ1n) is 12.4. The van der Waals surface area contributed by atoms with E-state index in [-0.39, 0.29) is 23.0 Å². The van der Waals surface area contributed by atoms with Crippen LogP contribution in [0.4, 0.5) is 0 Å². The summed E-state index contributed by atoms with van der Waals surface area (Å²) in [4.78, 5) is 4.43. The quantitative estimate of drug-likeness (QED) is 0.559. The maximum absolute atomic E-state index is 11.9. The summed E-state index contributed by atoms with van der Waals surface area (Å²) in [6, 6.07) is 20.1. The summed E-state index contributed by atoms with van der Waals surface area (Å²) in [6.45, 7) is 2.53. The highest BCUT2D eigenvalue weighted by Crippen LogP contribution is 2.68. The Kier molecular flexibility index (Phi) is 3.92. The summed E-state index contributed by atoms with van der Waals surface area (Å²) in [5, 5.41) is 11.9. The topological polar surface area (TPSA) is 38.1 Å². The Balaban J connectivity index is 1.21. The molecule has 4 atom stereocenters. The first kappa shape index (κ1) is 19.1. The van der Waals surface area contributed by atoms with Crippen molar-refractivity contribution in [2.75, 3.05) is 0 Å². The number of aromatic nitrogens is 2. The van der Waals surface area contributed by atoms with Gasteiger partial charge in [-0.05, 0) is 78.2 Å². The molecule has 0 spiro atoms. The number of rotatable bonds is 4. The van der Waals surface area contributed by atoms with Crippen molar-refractivity contribution in [1.29, 1.82) is 0 Å². The Morgan fingerprint density at radius 2 is 1.72 bits per heavy atom. The van der Waals surface area contributed by atoms with Crippen molar-refractivity contribution in [2.45, 2.75) is 63.0 Å². The highest BCUT2D eigenvalue weighted by Gasteiger charge is 2.62. The number of aliphatic hydroxyl groups is 1. The van der Waals surface area contributed by atoms with Crippen LogP contribution in [0, 0.1) is 23.2 Å². The smallest absolute Gasteiger partial charge is 0.0956 e. The predicted molar refractivity (Wildman–Crippen MR) is 126 cm³/mol. The minimum atomic E-state index is -0.262. The highest BCUT2D eigenvalue weighted by molar-refractivity contribution is 5.68. The van der Waals surface area contributed by atoms with E-state index >= 15 is 0 Å². The summed E-state index contributed by atoms with van der Waals surface area (Å²) in [5.41, 5.74) is 5.69. The van der Waals surface area contributed by atoms with E-state index in [1.807, 2.05) is 12.5 Å². The monoisotopic (exact) mass is 424 g/mol. The number of fused-ring (bicyclic) bond motifs is 3. The van der Waals surface area contributed by atoms with Crippen molar-refractivity contribution in [3.8, 4) is 11.3 Å². The summed E-state index contributed by atoms with van der Waals surface area (Å²) in [6.07, 6.45) is 10.7. The summed E-state index contributed by atoms with van der Waals surface area (Å²) >= 11 is 0. The molecule has 32 heavy (non-hydrogen) atoms. The molecule has 0 radical (unpaired) electrons. The van der Waals surface area contributed by atoms with Gasteiger partial charge < -0.3 is 9.67 Å². The molecule has 5 aliphatic rings. The van der Waals surface area contributed by atoms with E-state index < -0.39 is 0 Å². The van der Waals surface area contributed by atoms with Crippen molar-refractivity contribution in [3.63, 3.8) is 0 Å². The van der Waals surface area contributed by atoms with Crippen molar-refractivity contribution in [2.24, 2.45) is 23.2 Å². The lowest BCUT2D eigenvalue weighted by molar-refractivity contribution is -0.158. The van der Waals surface area contributed by atoms with Crippen LogP contribution in [0.3, 0.4) is 0 Å². The van der Waals surface area contributed by atoms with Crippen molar-refractivity contribution < 1.29 is 5.11 Å². The SMILES string of the molecule is CC1(c2ccccc2)C2CC3CC1CC(C(O)CC1c4ccccc4-c4cncn41)(C3)C2. The molecule has 2 aromatic carbocycles. The van der Waals surface area contributed by atoms with Crippen LogP contribution < -0.4 is 0 Å². The fourth-order valence-corrected chi connectivity index (χ4v) is 8.60. The van der Waals surface area contributed by atoms with Crippen LogP contribution >= 0.6 is 0 Å². The normalized spacial score (nSPS) is 37.3.